The molecule has 0 aromatic heterocycles. The third kappa shape index (κ3) is 9.28. The van der Waals surface area contributed by atoms with Crippen molar-refractivity contribution in [2.24, 2.45) is 5.73 Å². The second-order valence-electron chi connectivity index (χ2n) is 10.5. The fraction of sp³-hybridized carbons (Fsp3) is 0.400. The molecule has 0 fully saturated rings. The third-order valence-corrected chi connectivity index (χ3v) is 5.96. The summed E-state index contributed by atoms with van der Waals surface area (Å²) in [7, 11) is 0. The van der Waals surface area contributed by atoms with Crippen LogP contribution in [0.4, 0.5) is 10.5 Å². The van der Waals surface area contributed by atoms with Crippen LogP contribution in [-0.4, -0.2) is 46.9 Å². The molecule has 2 atom stereocenters. The highest BCUT2D eigenvalue weighted by molar-refractivity contribution is 5.99. The summed E-state index contributed by atoms with van der Waals surface area (Å²) in [6.07, 6.45) is 0.461. The van der Waals surface area contributed by atoms with Crippen LogP contribution in [0.3, 0.4) is 0 Å². The van der Waals surface area contributed by atoms with Gasteiger partial charge in [-0.3, -0.25) is 14.4 Å². The quantitative estimate of drug-likeness (QED) is 0.365. The zero-order valence-corrected chi connectivity index (χ0v) is 23.7. The van der Waals surface area contributed by atoms with Gasteiger partial charge in [0, 0.05) is 18.7 Å². The van der Waals surface area contributed by atoms with Crippen molar-refractivity contribution in [2.75, 3.05) is 11.9 Å². The zero-order valence-electron chi connectivity index (χ0n) is 23.7. The van der Waals surface area contributed by atoms with E-state index >= 15 is 0 Å². The molecular formula is C30H40N4O5. The Morgan fingerprint density at radius 1 is 1.05 bits per heavy atom. The SMILES string of the molecule is C=CCN(C(=O)C(CCC(N)=O)NC(=O)OC(C)(C)C)C(C(=O)Nc1ccccc1C)c1ccc(C)cc1C. The largest absolute Gasteiger partial charge is 0.444 e. The second-order valence-corrected chi connectivity index (χ2v) is 10.5. The molecule has 0 saturated carbocycles. The maximum atomic E-state index is 14.0. The molecule has 2 rings (SSSR count). The summed E-state index contributed by atoms with van der Waals surface area (Å²) in [4.78, 5) is 53.5. The smallest absolute Gasteiger partial charge is 0.408 e. The summed E-state index contributed by atoms with van der Waals surface area (Å²) in [5, 5.41) is 5.52. The van der Waals surface area contributed by atoms with Crippen LogP contribution in [-0.2, 0) is 19.1 Å². The number of primary amides is 1. The number of para-hydroxylation sites is 1. The molecule has 9 nitrogen and oxygen atoms in total. The highest BCUT2D eigenvalue weighted by atomic mass is 16.6. The lowest BCUT2D eigenvalue weighted by molar-refractivity contribution is -0.140. The van der Waals surface area contributed by atoms with E-state index in [1.807, 2.05) is 57.2 Å². The maximum Gasteiger partial charge on any atom is 0.408 e. The Morgan fingerprint density at radius 2 is 1.72 bits per heavy atom. The van der Waals surface area contributed by atoms with Crippen molar-refractivity contribution in [2.45, 2.75) is 72.1 Å². The van der Waals surface area contributed by atoms with Gasteiger partial charge < -0.3 is 26.0 Å². The predicted molar refractivity (Wildman–Crippen MR) is 152 cm³/mol. The fourth-order valence-electron chi connectivity index (χ4n) is 4.15. The van der Waals surface area contributed by atoms with Gasteiger partial charge in [-0.15, -0.1) is 6.58 Å². The van der Waals surface area contributed by atoms with Crippen LogP contribution in [0.1, 0.15) is 61.9 Å². The van der Waals surface area contributed by atoms with Gasteiger partial charge in [0.05, 0.1) is 0 Å². The summed E-state index contributed by atoms with van der Waals surface area (Å²) in [6.45, 7) is 14.6. The van der Waals surface area contributed by atoms with Crippen molar-refractivity contribution in [3.63, 3.8) is 0 Å². The Morgan fingerprint density at radius 3 is 2.28 bits per heavy atom. The predicted octanol–water partition coefficient (Wildman–Crippen LogP) is 4.47. The number of anilines is 1. The summed E-state index contributed by atoms with van der Waals surface area (Å²) in [6, 6.07) is 10.7. The molecule has 0 saturated heterocycles. The number of aryl methyl sites for hydroxylation is 3. The highest BCUT2D eigenvalue weighted by Gasteiger charge is 2.36. The lowest BCUT2D eigenvalue weighted by Crippen LogP contribution is -2.52. The van der Waals surface area contributed by atoms with Crippen molar-refractivity contribution in [3.8, 4) is 0 Å². The van der Waals surface area contributed by atoms with Gasteiger partial charge in [-0.25, -0.2) is 4.79 Å². The van der Waals surface area contributed by atoms with E-state index < -0.39 is 41.5 Å². The normalized spacial score (nSPS) is 12.6. The molecule has 39 heavy (non-hydrogen) atoms. The third-order valence-electron chi connectivity index (χ3n) is 5.96. The molecule has 2 aromatic carbocycles. The van der Waals surface area contributed by atoms with Crippen LogP contribution < -0.4 is 16.4 Å². The first kappa shape index (κ1) is 31.1. The number of hydrogen-bond acceptors (Lipinski definition) is 5. The van der Waals surface area contributed by atoms with E-state index in [1.54, 1.807) is 26.8 Å². The number of nitrogens with two attached hydrogens (primary N) is 1. The number of amides is 4. The van der Waals surface area contributed by atoms with E-state index in [1.165, 1.54) is 11.0 Å². The number of benzene rings is 2. The molecule has 0 aliphatic rings. The first-order chi connectivity index (χ1) is 18.2. The van der Waals surface area contributed by atoms with Crippen LogP contribution in [0, 0.1) is 20.8 Å². The van der Waals surface area contributed by atoms with E-state index in [9.17, 15) is 19.2 Å². The monoisotopic (exact) mass is 536 g/mol. The molecule has 0 aliphatic heterocycles. The molecule has 0 bridgehead atoms. The molecule has 0 spiro atoms. The minimum atomic E-state index is -1.17. The second kappa shape index (κ2) is 13.6. The highest BCUT2D eigenvalue weighted by Crippen LogP contribution is 2.28. The van der Waals surface area contributed by atoms with Crippen molar-refractivity contribution in [1.82, 2.24) is 10.2 Å². The molecule has 4 N–H and O–H groups in total. The summed E-state index contributed by atoms with van der Waals surface area (Å²) in [5.74, 6) is -1.64. The molecule has 4 amide bonds. The van der Waals surface area contributed by atoms with E-state index in [2.05, 4.69) is 17.2 Å². The fourth-order valence-corrected chi connectivity index (χ4v) is 4.15. The Balaban J connectivity index is 2.57. The van der Waals surface area contributed by atoms with Crippen molar-refractivity contribution < 1.29 is 23.9 Å². The van der Waals surface area contributed by atoms with Gasteiger partial charge in [0.1, 0.15) is 17.7 Å². The number of ether oxygens (including phenoxy) is 1. The lowest BCUT2D eigenvalue weighted by Gasteiger charge is -2.34. The lowest BCUT2D eigenvalue weighted by atomic mass is 9.96. The number of nitrogens with one attached hydrogen (secondary N) is 2. The van der Waals surface area contributed by atoms with Gasteiger partial charge in [0.2, 0.25) is 11.8 Å². The molecule has 0 aliphatic carbocycles. The average Bonchev–Trinajstić information content (AvgIpc) is 2.82. The van der Waals surface area contributed by atoms with Crippen molar-refractivity contribution in [1.29, 1.82) is 0 Å². The average molecular weight is 537 g/mol. The van der Waals surface area contributed by atoms with E-state index in [-0.39, 0.29) is 19.4 Å². The standard InChI is InChI=1S/C30H40N4O5/c1-8-17-34(28(37)24(15-16-25(31)35)33-29(38)39-30(5,6)7)26(22-14-13-19(2)18-21(22)4)27(36)32-23-12-10-9-11-20(23)3/h8-14,18,24,26H,1,15-17H2,2-7H3,(H2,31,35)(H,32,36)(H,33,38). The van der Waals surface area contributed by atoms with Gasteiger partial charge in [0.15, 0.2) is 0 Å². The Bertz CT molecular complexity index is 1220. The van der Waals surface area contributed by atoms with Crippen LogP contribution in [0.2, 0.25) is 0 Å². The molecule has 210 valence electrons. The van der Waals surface area contributed by atoms with Crippen molar-refractivity contribution in [3.05, 3.63) is 77.4 Å². The maximum absolute atomic E-state index is 14.0. The number of rotatable bonds is 11. The van der Waals surface area contributed by atoms with E-state index in [4.69, 9.17) is 10.5 Å². The van der Waals surface area contributed by atoms with Crippen LogP contribution in [0.15, 0.2) is 55.1 Å². The molecule has 0 radical (unpaired) electrons. The summed E-state index contributed by atoms with van der Waals surface area (Å²) >= 11 is 0. The molecule has 9 heteroatoms. The van der Waals surface area contributed by atoms with Crippen molar-refractivity contribution >= 4 is 29.5 Å². The first-order valence-corrected chi connectivity index (χ1v) is 12.9. The molecule has 0 heterocycles. The first-order valence-electron chi connectivity index (χ1n) is 12.9. The van der Waals surface area contributed by atoms with Gasteiger partial charge in [0.25, 0.3) is 5.91 Å². The number of alkyl carbamates (subject to hydrolysis) is 1. The van der Waals surface area contributed by atoms with Crippen LogP contribution >= 0.6 is 0 Å². The number of hydrogen-bond donors (Lipinski definition) is 3. The van der Waals surface area contributed by atoms with E-state index in [0.717, 1.165) is 16.7 Å². The van der Waals surface area contributed by atoms with E-state index in [0.29, 0.717) is 11.3 Å². The molecule has 2 aromatic rings. The number of nitrogens with zero attached hydrogens (tertiary/aromatic N) is 1. The van der Waals surface area contributed by atoms with Gasteiger partial charge >= 0.3 is 6.09 Å². The number of carbonyl (C=O) groups is 4. The van der Waals surface area contributed by atoms with Crippen LogP contribution in [0.5, 0.6) is 0 Å². The topological polar surface area (TPSA) is 131 Å². The minimum absolute atomic E-state index is 0.00107. The zero-order chi connectivity index (χ0) is 29.3. The van der Waals surface area contributed by atoms with Crippen LogP contribution in [0.25, 0.3) is 0 Å². The molecular weight excluding hydrogens is 496 g/mol. The van der Waals surface area contributed by atoms with Gasteiger partial charge in [-0.1, -0.05) is 48.0 Å². The minimum Gasteiger partial charge on any atom is -0.444 e. The van der Waals surface area contributed by atoms with Gasteiger partial charge in [-0.2, -0.15) is 0 Å². The summed E-state index contributed by atoms with van der Waals surface area (Å²) in [5.41, 5.74) is 8.45. The molecule has 2 unspecified atom stereocenters. The Labute approximate surface area is 230 Å². The Kier molecular flexibility index (Phi) is 10.8. The summed E-state index contributed by atoms with van der Waals surface area (Å²) < 4.78 is 5.35. The Hall–Kier alpha value is -4.14. The van der Waals surface area contributed by atoms with Gasteiger partial charge in [-0.05, 0) is 70.7 Å². The number of carbonyl (C=O) groups excluding carboxylic acids is 4.